The van der Waals surface area contributed by atoms with Crippen molar-refractivity contribution in [1.29, 1.82) is 0 Å². The lowest BCUT2D eigenvalue weighted by atomic mass is 9.93. The van der Waals surface area contributed by atoms with Crippen LogP contribution in [0.25, 0.3) is 20.8 Å². The SMILES string of the molecule is Cc1nc(NC2CCC2)nc(NC2(O)CCC3C(C)C32O)c1-c1nc2c(C)nccc2s1. The van der Waals surface area contributed by atoms with Crippen molar-refractivity contribution in [3.63, 3.8) is 0 Å². The summed E-state index contributed by atoms with van der Waals surface area (Å²) in [6, 6.07) is 2.35. The highest BCUT2D eigenvalue weighted by molar-refractivity contribution is 7.21. The van der Waals surface area contributed by atoms with Crippen LogP contribution in [0.2, 0.25) is 0 Å². The van der Waals surface area contributed by atoms with Crippen LogP contribution in [-0.2, 0) is 0 Å². The van der Waals surface area contributed by atoms with E-state index in [1.807, 2.05) is 26.8 Å². The Morgan fingerprint density at radius 2 is 1.91 bits per heavy atom. The van der Waals surface area contributed by atoms with Gasteiger partial charge < -0.3 is 20.8 Å². The minimum Gasteiger partial charge on any atom is -0.384 e. The molecule has 0 radical (unpaired) electrons. The number of fused-ring (bicyclic) bond motifs is 2. The Hall–Kier alpha value is -2.36. The van der Waals surface area contributed by atoms with Gasteiger partial charge in [0.15, 0.2) is 5.72 Å². The van der Waals surface area contributed by atoms with E-state index < -0.39 is 11.3 Å². The lowest BCUT2D eigenvalue weighted by Crippen LogP contribution is -2.50. The van der Waals surface area contributed by atoms with Crippen LogP contribution in [0.1, 0.15) is 50.4 Å². The van der Waals surface area contributed by atoms with E-state index >= 15 is 0 Å². The van der Waals surface area contributed by atoms with Gasteiger partial charge in [-0.1, -0.05) is 6.92 Å². The molecule has 4 N–H and O–H groups in total. The minimum absolute atomic E-state index is 0.0591. The third kappa shape index (κ3) is 2.80. The number of hydrogen-bond donors (Lipinski definition) is 4. The quantitative estimate of drug-likeness (QED) is 0.434. The summed E-state index contributed by atoms with van der Waals surface area (Å²) < 4.78 is 1.05. The molecule has 0 saturated heterocycles. The van der Waals surface area contributed by atoms with Gasteiger partial charge in [0, 0.05) is 12.2 Å². The lowest BCUT2D eigenvalue weighted by Gasteiger charge is -2.33. The second-order valence-corrected chi connectivity index (χ2v) is 10.7. The standard InChI is InChI=1S/C23H28N6O2S/c1-11-15-7-9-22(30,23(11,15)31)29-19-17(12(2)25-21(28-19)26-14-5-4-6-14)20-27-18-13(3)24-10-8-16(18)32-20/h8,10-11,14-15,30-31H,4-7,9H2,1-3H3,(H2,25,26,28,29). The number of thiazole rings is 1. The first-order chi connectivity index (χ1) is 15.3. The number of hydrogen-bond acceptors (Lipinski definition) is 9. The molecule has 9 heteroatoms. The zero-order chi connectivity index (χ0) is 22.3. The maximum absolute atomic E-state index is 11.5. The molecule has 3 aliphatic rings. The molecule has 3 aromatic heterocycles. The first-order valence-corrected chi connectivity index (χ1v) is 12.2. The Morgan fingerprint density at radius 3 is 2.56 bits per heavy atom. The van der Waals surface area contributed by atoms with E-state index in [1.165, 1.54) is 6.42 Å². The molecule has 3 heterocycles. The maximum atomic E-state index is 11.5. The highest BCUT2D eigenvalue weighted by Crippen LogP contribution is 2.65. The summed E-state index contributed by atoms with van der Waals surface area (Å²) >= 11 is 1.56. The molecule has 0 spiro atoms. The molecule has 0 aromatic carbocycles. The molecule has 3 saturated carbocycles. The number of nitrogens with zero attached hydrogens (tertiary/aromatic N) is 4. The number of rotatable bonds is 5. The molecule has 3 fully saturated rings. The van der Waals surface area contributed by atoms with Gasteiger partial charge in [0.05, 0.1) is 21.7 Å². The summed E-state index contributed by atoms with van der Waals surface area (Å²) in [5.74, 6) is 1.24. The summed E-state index contributed by atoms with van der Waals surface area (Å²) in [6.45, 7) is 5.89. The van der Waals surface area contributed by atoms with Crippen molar-refractivity contribution in [3.8, 4) is 10.6 Å². The van der Waals surface area contributed by atoms with E-state index in [4.69, 9.17) is 15.0 Å². The third-order valence-corrected chi connectivity index (χ3v) is 8.83. The molecule has 8 nitrogen and oxygen atoms in total. The number of aromatic nitrogens is 4. The Kier molecular flexibility index (Phi) is 4.32. The predicted molar refractivity (Wildman–Crippen MR) is 125 cm³/mol. The highest BCUT2D eigenvalue weighted by Gasteiger charge is 2.76. The minimum atomic E-state index is -1.42. The molecule has 6 rings (SSSR count). The zero-order valence-electron chi connectivity index (χ0n) is 18.5. The molecule has 4 atom stereocenters. The Bertz CT molecular complexity index is 1230. The first kappa shape index (κ1) is 20.3. The van der Waals surface area contributed by atoms with Gasteiger partial charge in [-0.15, -0.1) is 11.3 Å². The van der Waals surface area contributed by atoms with Gasteiger partial charge in [-0.3, -0.25) is 4.98 Å². The zero-order valence-corrected chi connectivity index (χ0v) is 19.3. The van der Waals surface area contributed by atoms with Crippen molar-refractivity contribution < 1.29 is 10.2 Å². The average molecular weight is 453 g/mol. The normalized spacial score (nSPS) is 31.4. The predicted octanol–water partition coefficient (Wildman–Crippen LogP) is 3.62. The van der Waals surface area contributed by atoms with Gasteiger partial charge in [0.25, 0.3) is 0 Å². The fourth-order valence-electron chi connectivity index (χ4n) is 5.52. The van der Waals surface area contributed by atoms with Crippen molar-refractivity contribution in [2.45, 2.75) is 70.2 Å². The molecule has 3 aliphatic carbocycles. The van der Waals surface area contributed by atoms with E-state index in [-0.39, 0.29) is 11.8 Å². The van der Waals surface area contributed by atoms with Crippen molar-refractivity contribution in [2.24, 2.45) is 11.8 Å². The van der Waals surface area contributed by atoms with Crippen LogP contribution in [0.15, 0.2) is 12.3 Å². The second kappa shape index (κ2) is 6.82. The summed E-state index contributed by atoms with van der Waals surface area (Å²) in [7, 11) is 0. The molecule has 3 aromatic rings. The average Bonchev–Trinajstić information content (AvgIpc) is 3.01. The van der Waals surface area contributed by atoms with Gasteiger partial charge >= 0.3 is 0 Å². The number of anilines is 2. The largest absolute Gasteiger partial charge is 0.384 e. The van der Waals surface area contributed by atoms with Gasteiger partial charge in [0.2, 0.25) is 5.95 Å². The maximum Gasteiger partial charge on any atom is 0.225 e. The molecule has 4 unspecified atom stereocenters. The molecular weight excluding hydrogens is 424 g/mol. The van der Waals surface area contributed by atoms with Gasteiger partial charge in [-0.2, -0.15) is 4.98 Å². The summed E-state index contributed by atoms with van der Waals surface area (Å²) in [5.41, 5.74) is 0.734. The topological polar surface area (TPSA) is 116 Å². The van der Waals surface area contributed by atoms with Gasteiger partial charge in [0.1, 0.15) is 21.9 Å². The van der Waals surface area contributed by atoms with Crippen molar-refractivity contribution >= 4 is 33.3 Å². The summed E-state index contributed by atoms with van der Waals surface area (Å²) in [5, 5.41) is 30.1. The Morgan fingerprint density at radius 1 is 1.09 bits per heavy atom. The van der Waals surface area contributed by atoms with Crippen molar-refractivity contribution in [1.82, 2.24) is 19.9 Å². The van der Waals surface area contributed by atoms with Crippen LogP contribution >= 0.6 is 11.3 Å². The van der Waals surface area contributed by atoms with Crippen LogP contribution in [0, 0.1) is 25.7 Å². The number of aryl methyl sites for hydroxylation is 2. The van der Waals surface area contributed by atoms with Crippen LogP contribution in [0.5, 0.6) is 0 Å². The fourth-order valence-corrected chi connectivity index (χ4v) is 6.63. The van der Waals surface area contributed by atoms with E-state index in [2.05, 4.69) is 15.6 Å². The van der Waals surface area contributed by atoms with Gasteiger partial charge in [-0.05, 0) is 63.9 Å². The molecule has 0 bridgehead atoms. The Balaban J connectivity index is 1.46. The summed E-state index contributed by atoms with van der Waals surface area (Å²) in [6.07, 6.45) is 6.50. The van der Waals surface area contributed by atoms with Crippen LogP contribution in [-0.4, -0.2) is 47.5 Å². The van der Waals surface area contributed by atoms with Crippen LogP contribution < -0.4 is 10.6 Å². The monoisotopic (exact) mass is 452 g/mol. The molecule has 32 heavy (non-hydrogen) atoms. The molecule has 0 amide bonds. The lowest BCUT2D eigenvalue weighted by molar-refractivity contribution is -0.0713. The second-order valence-electron chi connectivity index (χ2n) is 9.63. The first-order valence-electron chi connectivity index (χ1n) is 11.4. The van der Waals surface area contributed by atoms with E-state index in [0.29, 0.717) is 24.2 Å². The van der Waals surface area contributed by atoms with E-state index in [9.17, 15) is 10.2 Å². The molecular formula is C23H28N6O2S. The number of pyridine rings is 1. The van der Waals surface area contributed by atoms with E-state index in [1.54, 1.807) is 17.5 Å². The molecule has 0 aliphatic heterocycles. The smallest absolute Gasteiger partial charge is 0.225 e. The van der Waals surface area contributed by atoms with Crippen LogP contribution in [0.3, 0.4) is 0 Å². The summed E-state index contributed by atoms with van der Waals surface area (Å²) in [4.78, 5) is 18.7. The van der Waals surface area contributed by atoms with Crippen LogP contribution in [0.4, 0.5) is 11.8 Å². The van der Waals surface area contributed by atoms with Crippen molar-refractivity contribution in [2.75, 3.05) is 10.6 Å². The number of aliphatic hydroxyl groups is 2. The Labute approximate surface area is 190 Å². The van der Waals surface area contributed by atoms with Crippen molar-refractivity contribution in [3.05, 3.63) is 23.7 Å². The third-order valence-electron chi connectivity index (χ3n) is 7.79. The number of nitrogens with one attached hydrogen (secondary N) is 2. The highest BCUT2D eigenvalue weighted by atomic mass is 32.1. The molecule has 168 valence electrons. The van der Waals surface area contributed by atoms with E-state index in [0.717, 1.165) is 51.4 Å². The van der Waals surface area contributed by atoms with Gasteiger partial charge in [-0.25, -0.2) is 9.97 Å². The fraction of sp³-hybridized carbons (Fsp3) is 0.565.